The molecule has 4 aromatic rings. The third-order valence-electron chi connectivity index (χ3n) is 6.80. The van der Waals surface area contributed by atoms with Crippen LogP contribution in [0.4, 0.5) is 22.7 Å². The van der Waals surface area contributed by atoms with Crippen LogP contribution < -0.4 is 10.0 Å². The SMILES string of the molecule is O=C(ON=Nc1ccc(-c2ccc(N=NOC(=O)C3=NN(c4ccccc4)C(=O)C3)c(Cl)c2)cc1Cl)C1=NN(c2ccccc2)C(=O)C1. The standard InChI is InChI=1S/C32H20Cl2N8O6/c33-23-15-19(11-13-25(23)35-39-47-31(45)27-17-29(43)41(37-27)21-7-3-1-4-8-21)20-12-14-26(24(34)16-20)36-40-48-32(46)28-18-30(44)42(38-28)22-9-5-2-6-10-22/h1-16H,17-18H2. The molecule has 0 saturated heterocycles. The van der Waals surface area contributed by atoms with Gasteiger partial charge in [0.2, 0.25) is 0 Å². The molecule has 0 bridgehead atoms. The van der Waals surface area contributed by atoms with Gasteiger partial charge >= 0.3 is 11.9 Å². The largest absolute Gasteiger partial charge is 0.384 e. The quantitative estimate of drug-likeness (QED) is 0.132. The van der Waals surface area contributed by atoms with Crippen LogP contribution in [0.2, 0.25) is 10.0 Å². The fourth-order valence-corrected chi connectivity index (χ4v) is 4.91. The van der Waals surface area contributed by atoms with Gasteiger partial charge < -0.3 is 0 Å². The first-order valence-corrected chi connectivity index (χ1v) is 14.8. The average Bonchev–Trinajstić information content (AvgIpc) is 3.69. The Kier molecular flexibility index (Phi) is 9.36. The molecule has 0 spiro atoms. The van der Waals surface area contributed by atoms with Crippen molar-refractivity contribution < 1.29 is 28.9 Å². The number of anilines is 2. The predicted octanol–water partition coefficient (Wildman–Crippen LogP) is 7.33. The lowest BCUT2D eigenvalue weighted by Crippen LogP contribution is -2.19. The van der Waals surface area contributed by atoms with Gasteiger partial charge in [0.15, 0.2) is 11.4 Å². The number of para-hydroxylation sites is 2. The number of carbonyl (C=O) groups is 4. The highest BCUT2D eigenvalue weighted by Crippen LogP contribution is 2.35. The number of halogens is 2. The van der Waals surface area contributed by atoms with E-state index >= 15 is 0 Å². The molecular weight excluding hydrogens is 663 g/mol. The van der Waals surface area contributed by atoms with Crippen molar-refractivity contribution in [2.45, 2.75) is 12.8 Å². The lowest BCUT2D eigenvalue weighted by atomic mass is 10.1. The third kappa shape index (κ3) is 7.14. The number of hydrazone groups is 2. The second-order valence-electron chi connectivity index (χ2n) is 9.98. The van der Waals surface area contributed by atoms with Crippen molar-refractivity contribution in [3.05, 3.63) is 107 Å². The Morgan fingerprint density at radius 2 is 1.00 bits per heavy atom. The first kappa shape index (κ1) is 31.8. The Morgan fingerprint density at radius 3 is 1.38 bits per heavy atom. The van der Waals surface area contributed by atoms with Gasteiger partial charge in [-0.25, -0.2) is 9.59 Å². The smallest absolute Gasteiger partial charge is 0.293 e. The molecule has 2 amide bonds. The van der Waals surface area contributed by atoms with E-state index in [1.807, 2.05) is 0 Å². The molecule has 2 aliphatic rings. The van der Waals surface area contributed by atoms with E-state index < -0.39 is 11.9 Å². The maximum absolute atomic E-state index is 12.4. The summed E-state index contributed by atoms with van der Waals surface area (Å²) in [4.78, 5) is 59.0. The van der Waals surface area contributed by atoms with Crippen molar-refractivity contribution in [2.75, 3.05) is 10.0 Å². The third-order valence-corrected chi connectivity index (χ3v) is 7.40. The van der Waals surface area contributed by atoms with Gasteiger partial charge in [-0.1, -0.05) is 71.7 Å². The Labute approximate surface area is 281 Å². The fraction of sp³-hybridized carbons (Fsp3) is 0.0625. The molecule has 14 nitrogen and oxygen atoms in total. The van der Waals surface area contributed by atoms with E-state index in [-0.39, 0.29) is 57.5 Å². The summed E-state index contributed by atoms with van der Waals surface area (Å²) in [6, 6.07) is 27.0. The predicted molar refractivity (Wildman–Crippen MR) is 175 cm³/mol. The lowest BCUT2D eigenvalue weighted by Gasteiger charge is -2.10. The maximum atomic E-state index is 12.4. The second kappa shape index (κ2) is 14.1. The van der Waals surface area contributed by atoms with Gasteiger partial charge in [-0.3, -0.25) is 19.3 Å². The highest BCUT2D eigenvalue weighted by molar-refractivity contribution is 6.43. The summed E-state index contributed by atoms with van der Waals surface area (Å²) in [5, 5.41) is 25.3. The van der Waals surface area contributed by atoms with Crippen molar-refractivity contribution in [1.82, 2.24) is 0 Å². The first-order valence-electron chi connectivity index (χ1n) is 14.0. The van der Waals surface area contributed by atoms with Gasteiger partial charge in [0, 0.05) is 10.6 Å². The summed E-state index contributed by atoms with van der Waals surface area (Å²) in [5.74, 6) is -2.60. The van der Waals surface area contributed by atoms with E-state index in [1.165, 1.54) is 0 Å². The van der Waals surface area contributed by atoms with Crippen LogP contribution in [-0.2, 0) is 28.9 Å². The number of amides is 2. The molecule has 0 N–H and O–H groups in total. The van der Waals surface area contributed by atoms with Gasteiger partial charge in [0.05, 0.1) is 34.3 Å². The van der Waals surface area contributed by atoms with Crippen molar-refractivity contribution in [1.29, 1.82) is 0 Å². The summed E-state index contributed by atoms with van der Waals surface area (Å²) in [6.07, 6.45) is -0.475. The molecular formula is C32H20Cl2N8O6. The van der Waals surface area contributed by atoms with Crippen LogP contribution in [-0.4, -0.2) is 35.2 Å². The minimum atomic E-state index is -0.919. The number of benzene rings is 4. The van der Waals surface area contributed by atoms with Gasteiger partial charge in [-0.2, -0.15) is 20.2 Å². The molecule has 4 aromatic carbocycles. The zero-order chi connectivity index (χ0) is 33.6. The summed E-state index contributed by atoms with van der Waals surface area (Å²) < 4.78 is 0. The zero-order valence-corrected chi connectivity index (χ0v) is 25.9. The Bertz CT molecular complexity index is 1910. The van der Waals surface area contributed by atoms with Gasteiger partial charge in [-0.05, 0) is 59.7 Å². The normalized spacial score (nSPS) is 14.5. The first-order chi connectivity index (χ1) is 23.3. The molecule has 0 aliphatic carbocycles. The van der Waals surface area contributed by atoms with Crippen molar-refractivity contribution in [3.63, 3.8) is 0 Å². The van der Waals surface area contributed by atoms with E-state index in [0.29, 0.717) is 22.5 Å². The van der Waals surface area contributed by atoms with Crippen LogP contribution in [0.25, 0.3) is 11.1 Å². The summed E-state index contributed by atoms with van der Waals surface area (Å²) in [5.41, 5.74) is 2.56. The topological polar surface area (TPSA) is 167 Å². The molecule has 0 fully saturated rings. The number of hydrogen-bond donors (Lipinski definition) is 0. The van der Waals surface area contributed by atoms with E-state index in [1.54, 1.807) is 97.1 Å². The number of rotatable bonds is 9. The van der Waals surface area contributed by atoms with Crippen LogP contribution in [0.15, 0.2) is 128 Å². The molecule has 238 valence electrons. The molecule has 48 heavy (non-hydrogen) atoms. The van der Waals surface area contributed by atoms with Crippen molar-refractivity contribution in [3.8, 4) is 11.1 Å². The van der Waals surface area contributed by atoms with Crippen LogP contribution in [0.5, 0.6) is 0 Å². The molecule has 16 heteroatoms. The van der Waals surface area contributed by atoms with Crippen molar-refractivity contribution in [2.24, 2.45) is 31.0 Å². The van der Waals surface area contributed by atoms with Gasteiger partial charge in [-0.15, -0.1) is 10.2 Å². The van der Waals surface area contributed by atoms with Crippen LogP contribution in [0.1, 0.15) is 12.8 Å². The Morgan fingerprint density at radius 1 is 0.604 bits per heavy atom. The van der Waals surface area contributed by atoms with Crippen LogP contribution in [0.3, 0.4) is 0 Å². The molecule has 0 aromatic heterocycles. The Hall–Kier alpha value is -6.12. The van der Waals surface area contributed by atoms with E-state index in [0.717, 1.165) is 10.0 Å². The van der Waals surface area contributed by atoms with Crippen LogP contribution >= 0.6 is 23.2 Å². The average molecular weight is 683 g/mol. The lowest BCUT2D eigenvalue weighted by molar-refractivity contribution is -0.137. The highest BCUT2D eigenvalue weighted by Gasteiger charge is 2.31. The molecule has 6 rings (SSSR count). The molecule has 0 unspecified atom stereocenters. The molecule has 0 saturated carbocycles. The Balaban J connectivity index is 1.04. The van der Waals surface area contributed by atoms with E-state index in [2.05, 4.69) is 31.0 Å². The van der Waals surface area contributed by atoms with Gasteiger partial charge in [0.1, 0.15) is 11.4 Å². The number of hydrogen-bond acceptors (Lipinski definition) is 12. The maximum Gasteiger partial charge on any atom is 0.384 e. The molecule has 0 radical (unpaired) electrons. The minimum absolute atomic E-state index is 0.114. The summed E-state index contributed by atoms with van der Waals surface area (Å²) >= 11 is 12.8. The van der Waals surface area contributed by atoms with Gasteiger partial charge in [0.25, 0.3) is 11.8 Å². The number of carbonyl (C=O) groups excluding carboxylic acids is 4. The monoisotopic (exact) mass is 682 g/mol. The number of nitrogens with zero attached hydrogens (tertiary/aromatic N) is 8. The zero-order valence-electron chi connectivity index (χ0n) is 24.4. The van der Waals surface area contributed by atoms with E-state index in [4.69, 9.17) is 32.9 Å². The molecule has 2 heterocycles. The molecule has 0 atom stereocenters. The van der Waals surface area contributed by atoms with E-state index in [9.17, 15) is 19.2 Å². The highest BCUT2D eigenvalue weighted by atomic mass is 35.5. The summed E-state index contributed by atoms with van der Waals surface area (Å²) in [6.45, 7) is 0. The van der Waals surface area contributed by atoms with Crippen molar-refractivity contribution >= 4 is 81.1 Å². The van der Waals surface area contributed by atoms with Crippen LogP contribution in [0, 0.1) is 0 Å². The molecule has 2 aliphatic heterocycles. The fourth-order valence-electron chi connectivity index (χ4n) is 4.47. The summed E-state index contributed by atoms with van der Waals surface area (Å²) in [7, 11) is 0. The minimum Gasteiger partial charge on any atom is -0.293 e. The second-order valence-corrected chi connectivity index (χ2v) is 10.8.